The van der Waals surface area contributed by atoms with E-state index in [1.807, 2.05) is 6.92 Å². The Balaban J connectivity index is 2.07. The average molecular weight is 261 g/mol. The lowest BCUT2D eigenvalue weighted by molar-refractivity contribution is -0.143. The van der Waals surface area contributed by atoms with Crippen molar-refractivity contribution in [3.8, 4) is 11.8 Å². The van der Waals surface area contributed by atoms with Crippen LogP contribution in [0.25, 0.3) is 0 Å². The molecule has 0 fully saturated rings. The van der Waals surface area contributed by atoms with Gasteiger partial charge >= 0.3 is 5.97 Å². The second kappa shape index (κ2) is 8.98. The third kappa shape index (κ3) is 6.46. The molecule has 1 aromatic carbocycles. The van der Waals surface area contributed by atoms with Gasteiger partial charge in [-0.15, -0.1) is 0 Å². The van der Waals surface area contributed by atoms with E-state index in [1.165, 1.54) is 0 Å². The molecule has 0 unspecified atom stereocenters. The van der Waals surface area contributed by atoms with Crippen molar-refractivity contribution < 1.29 is 14.3 Å². The number of benzene rings is 1. The molecule has 4 nitrogen and oxygen atoms in total. The highest BCUT2D eigenvalue weighted by Crippen LogP contribution is 2.12. The van der Waals surface area contributed by atoms with Crippen molar-refractivity contribution >= 4 is 5.97 Å². The Kier molecular flexibility index (Phi) is 7.11. The highest BCUT2D eigenvalue weighted by Gasteiger charge is 2.01. The molecule has 1 rings (SSSR count). The number of ether oxygens (including phenoxy) is 2. The number of nitriles is 1. The zero-order valence-corrected chi connectivity index (χ0v) is 11.2. The predicted octanol–water partition coefficient (Wildman–Crippen LogP) is 3.06. The predicted molar refractivity (Wildman–Crippen MR) is 71.8 cm³/mol. The van der Waals surface area contributed by atoms with E-state index < -0.39 is 0 Å². The molecule has 0 aliphatic rings. The molecule has 0 saturated carbocycles. The van der Waals surface area contributed by atoms with E-state index in [0.717, 1.165) is 25.0 Å². The van der Waals surface area contributed by atoms with E-state index in [9.17, 15) is 4.79 Å². The first kappa shape index (κ1) is 15.0. The van der Waals surface area contributed by atoms with Gasteiger partial charge in [-0.3, -0.25) is 4.79 Å². The molecule has 0 spiro atoms. The fraction of sp³-hybridized carbons (Fsp3) is 0.467. The first-order valence-electron chi connectivity index (χ1n) is 6.55. The second-order valence-electron chi connectivity index (χ2n) is 4.10. The molecule has 0 atom stereocenters. The Labute approximate surface area is 113 Å². The van der Waals surface area contributed by atoms with Crippen LogP contribution in [-0.4, -0.2) is 19.2 Å². The highest BCUT2D eigenvalue weighted by molar-refractivity contribution is 5.69. The van der Waals surface area contributed by atoms with Gasteiger partial charge in [-0.2, -0.15) is 5.26 Å². The highest BCUT2D eigenvalue weighted by atomic mass is 16.5. The minimum atomic E-state index is -0.129. The lowest BCUT2D eigenvalue weighted by atomic mass is 10.2. The molecule has 0 aromatic heterocycles. The summed E-state index contributed by atoms with van der Waals surface area (Å²) < 4.78 is 10.4. The summed E-state index contributed by atoms with van der Waals surface area (Å²) in [5.74, 6) is 0.639. The van der Waals surface area contributed by atoms with E-state index in [4.69, 9.17) is 14.7 Å². The molecule has 19 heavy (non-hydrogen) atoms. The minimum absolute atomic E-state index is 0.129. The summed E-state index contributed by atoms with van der Waals surface area (Å²) >= 11 is 0. The van der Waals surface area contributed by atoms with Crippen molar-refractivity contribution in [1.29, 1.82) is 5.26 Å². The second-order valence-corrected chi connectivity index (χ2v) is 4.10. The number of esters is 1. The molecule has 0 radical (unpaired) electrons. The molecule has 0 heterocycles. The van der Waals surface area contributed by atoms with Crippen molar-refractivity contribution in [2.75, 3.05) is 13.2 Å². The topological polar surface area (TPSA) is 59.3 Å². The van der Waals surface area contributed by atoms with Gasteiger partial charge in [-0.05, 0) is 50.5 Å². The van der Waals surface area contributed by atoms with Crippen LogP contribution in [0.4, 0.5) is 0 Å². The van der Waals surface area contributed by atoms with E-state index >= 15 is 0 Å². The Morgan fingerprint density at radius 2 is 1.95 bits per heavy atom. The van der Waals surface area contributed by atoms with E-state index in [0.29, 0.717) is 25.2 Å². The number of hydrogen-bond donors (Lipinski definition) is 0. The summed E-state index contributed by atoms with van der Waals surface area (Å²) in [6, 6.07) is 9.10. The Hall–Kier alpha value is -2.02. The molecular weight excluding hydrogens is 242 g/mol. The summed E-state index contributed by atoms with van der Waals surface area (Å²) in [5, 5.41) is 8.66. The van der Waals surface area contributed by atoms with Gasteiger partial charge in [0.15, 0.2) is 0 Å². The molecule has 0 saturated heterocycles. The Bertz CT molecular complexity index is 420. The van der Waals surface area contributed by atoms with Gasteiger partial charge in [-0.25, -0.2) is 0 Å². The lowest BCUT2D eigenvalue weighted by Crippen LogP contribution is -2.04. The van der Waals surface area contributed by atoms with Gasteiger partial charge in [-0.1, -0.05) is 0 Å². The molecule has 102 valence electrons. The quantitative estimate of drug-likeness (QED) is 0.533. The summed E-state index contributed by atoms with van der Waals surface area (Å²) in [4.78, 5) is 11.1. The van der Waals surface area contributed by atoms with Crippen molar-refractivity contribution in [3.63, 3.8) is 0 Å². The standard InChI is InChI=1S/C15H19NO3/c1-2-18-15(17)6-4-3-5-11-19-14-9-7-13(12-16)8-10-14/h7-10H,2-6,11H2,1H3. The summed E-state index contributed by atoms with van der Waals surface area (Å²) in [6.45, 7) is 2.87. The first-order valence-corrected chi connectivity index (χ1v) is 6.55. The number of rotatable bonds is 8. The molecule has 0 bridgehead atoms. The third-order valence-corrected chi connectivity index (χ3v) is 2.58. The minimum Gasteiger partial charge on any atom is -0.494 e. The summed E-state index contributed by atoms with van der Waals surface area (Å²) in [5.41, 5.74) is 0.627. The first-order chi connectivity index (χ1) is 9.26. The van der Waals surface area contributed by atoms with Crippen molar-refractivity contribution in [2.24, 2.45) is 0 Å². The number of hydrogen-bond acceptors (Lipinski definition) is 4. The third-order valence-electron chi connectivity index (χ3n) is 2.58. The van der Waals surface area contributed by atoms with Crippen LogP contribution in [-0.2, 0) is 9.53 Å². The van der Waals surface area contributed by atoms with Gasteiger partial charge in [0, 0.05) is 6.42 Å². The van der Waals surface area contributed by atoms with E-state index in [1.54, 1.807) is 24.3 Å². The summed E-state index contributed by atoms with van der Waals surface area (Å²) in [7, 11) is 0. The molecule has 0 N–H and O–H groups in total. The monoisotopic (exact) mass is 261 g/mol. The summed E-state index contributed by atoms with van der Waals surface area (Å²) in [6.07, 6.45) is 3.15. The fourth-order valence-electron chi connectivity index (χ4n) is 1.60. The number of carbonyl (C=O) groups is 1. The van der Waals surface area contributed by atoms with Crippen molar-refractivity contribution in [2.45, 2.75) is 32.6 Å². The molecule has 4 heteroatoms. The normalized spacial score (nSPS) is 9.68. The van der Waals surface area contributed by atoms with Crippen LogP contribution in [0.1, 0.15) is 38.2 Å². The van der Waals surface area contributed by atoms with Gasteiger partial charge in [0.25, 0.3) is 0 Å². The average Bonchev–Trinajstić information content (AvgIpc) is 2.43. The lowest BCUT2D eigenvalue weighted by Gasteiger charge is -2.06. The number of nitrogens with zero attached hydrogens (tertiary/aromatic N) is 1. The van der Waals surface area contributed by atoms with Crippen LogP contribution in [0, 0.1) is 11.3 Å². The van der Waals surface area contributed by atoms with Crippen LogP contribution in [0.3, 0.4) is 0 Å². The van der Waals surface area contributed by atoms with Crippen LogP contribution < -0.4 is 4.74 Å². The molecule has 0 amide bonds. The maximum Gasteiger partial charge on any atom is 0.305 e. The molecule has 1 aromatic rings. The fourth-order valence-corrected chi connectivity index (χ4v) is 1.60. The smallest absolute Gasteiger partial charge is 0.305 e. The zero-order valence-electron chi connectivity index (χ0n) is 11.2. The van der Waals surface area contributed by atoms with Crippen LogP contribution >= 0.6 is 0 Å². The molecular formula is C15H19NO3. The number of unbranched alkanes of at least 4 members (excludes halogenated alkanes) is 2. The SMILES string of the molecule is CCOC(=O)CCCCCOc1ccc(C#N)cc1. The van der Waals surface area contributed by atoms with Crippen molar-refractivity contribution in [1.82, 2.24) is 0 Å². The zero-order chi connectivity index (χ0) is 13.9. The van der Waals surface area contributed by atoms with Gasteiger partial charge in [0.1, 0.15) is 5.75 Å². The largest absolute Gasteiger partial charge is 0.494 e. The maximum absolute atomic E-state index is 11.1. The molecule has 0 aliphatic carbocycles. The van der Waals surface area contributed by atoms with E-state index in [-0.39, 0.29) is 5.97 Å². The maximum atomic E-state index is 11.1. The Morgan fingerprint density at radius 3 is 2.58 bits per heavy atom. The van der Waals surface area contributed by atoms with Crippen LogP contribution in [0.2, 0.25) is 0 Å². The van der Waals surface area contributed by atoms with Crippen LogP contribution in [0.15, 0.2) is 24.3 Å². The van der Waals surface area contributed by atoms with Crippen LogP contribution in [0.5, 0.6) is 5.75 Å². The van der Waals surface area contributed by atoms with Gasteiger partial charge in [0.2, 0.25) is 0 Å². The number of carbonyl (C=O) groups excluding carboxylic acids is 1. The van der Waals surface area contributed by atoms with Crippen molar-refractivity contribution in [3.05, 3.63) is 29.8 Å². The Morgan fingerprint density at radius 1 is 1.21 bits per heavy atom. The van der Waals surface area contributed by atoms with Gasteiger partial charge in [0.05, 0.1) is 24.8 Å². The molecule has 0 aliphatic heterocycles. The van der Waals surface area contributed by atoms with Gasteiger partial charge < -0.3 is 9.47 Å². The van der Waals surface area contributed by atoms with E-state index in [2.05, 4.69) is 6.07 Å².